The molecule has 5 nitrogen and oxygen atoms in total. The van der Waals surface area contributed by atoms with E-state index in [-0.39, 0.29) is 6.61 Å². The van der Waals surface area contributed by atoms with Crippen LogP contribution in [-0.4, -0.2) is 68.5 Å². The van der Waals surface area contributed by atoms with E-state index in [9.17, 15) is 5.11 Å². The molecular formula is C22H32N2O3. The molecule has 0 saturated carbocycles. The molecule has 0 amide bonds. The molecule has 2 aromatic carbocycles. The fraction of sp³-hybridized carbons (Fsp3) is 0.455. The minimum absolute atomic E-state index is 0.284. The van der Waals surface area contributed by atoms with Crippen molar-refractivity contribution in [3.8, 4) is 5.75 Å². The average molecular weight is 373 g/mol. The molecule has 1 N–H and O–H groups in total. The molecule has 1 atom stereocenters. The molecule has 27 heavy (non-hydrogen) atoms. The smallest absolute Gasteiger partial charge is 0.119 e. The molecular weight excluding hydrogens is 340 g/mol. The monoisotopic (exact) mass is 372 g/mol. The van der Waals surface area contributed by atoms with Gasteiger partial charge in [0.2, 0.25) is 0 Å². The van der Waals surface area contributed by atoms with Gasteiger partial charge in [-0.3, -0.25) is 9.80 Å². The largest absolute Gasteiger partial charge is 0.491 e. The maximum Gasteiger partial charge on any atom is 0.119 e. The van der Waals surface area contributed by atoms with Crippen LogP contribution in [0.25, 0.3) is 0 Å². The highest BCUT2D eigenvalue weighted by molar-refractivity contribution is 5.27. The summed E-state index contributed by atoms with van der Waals surface area (Å²) in [5.41, 5.74) is 2.46. The van der Waals surface area contributed by atoms with Gasteiger partial charge in [0, 0.05) is 33.3 Å². The molecule has 5 heteroatoms. The second-order valence-electron chi connectivity index (χ2n) is 7.02. The minimum Gasteiger partial charge on any atom is -0.491 e. The summed E-state index contributed by atoms with van der Waals surface area (Å²) in [6, 6.07) is 18.3. The first-order valence-corrected chi connectivity index (χ1v) is 9.36. The molecule has 0 spiro atoms. The van der Waals surface area contributed by atoms with Gasteiger partial charge in [-0.2, -0.15) is 0 Å². The number of ether oxygens (including phenoxy) is 2. The highest BCUT2D eigenvalue weighted by Gasteiger charge is 2.10. The maximum absolute atomic E-state index is 10.2. The summed E-state index contributed by atoms with van der Waals surface area (Å²) in [5.74, 6) is 0.781. The third-order valence-corrected chi connectivity index (χ3v) is 4.31. The first-order valence-electron chi connectivity index (χ1n) is 9.36. The molecule has 148 valence electrons. The maximum atomic E-state index is 10.2. The summed E-state index contributed by atoms with van der Waals surface area (Å²) >= 11 is 0. The number of rotatable bonds is 12. The molecule has 0 aromatic heterocycles. The van der Waals surface area contributed by atoms with Crippen molar-refractivity contribution in [2.45, 2.75) is 19.2 Å². The van der Waals surface area contributed by atoms with E-state index in [0.29, 0.717) is 6.54 Å². The average Bonchev–Trinajstić information content (AvgIpc) is 2.66. The van der Waals surface area contributed by atoms with Crippen molar-refractivity contribution in [1.29, 1.82) is 0 Å². The zero-order valence-corrected chi connectivity index (χ0v) is 16.7. The van der Waals surface area contributed by atoms with Crippen molar-refractivity contribution >= 4 is 0 Å². The molecule has 0 saturated heterocycles. The Kier molecular flexibility index (Phi) is 9.28. The molecule has 0 aliphatic heterocycles. The van der Waals surface area contributed by atoms with E-state index in [1.165, 1.54) is 11.1 Å². The minimum atomic E-state index is -0.529. The Morgan fingerprint density at radius 3 is 2.19 bits per heavy atom. The SMILES string of the molecule is COCCN(C)Cc1ccc(OCC(O)CN(C)Cc2ccccc2)cc1. The van der Waals surface area contributed by atoms with E-state index in [2.05, 4.69) is 41.1 Å². The Balaban J connectivity index is 1.70. The molecule has 0 bridgehead atoms. The van der Waals surface area contributed by atoms with Gasteiger partial charge in [0.05, 0.1) is 6.61 Å². The third kappa shape index (κ3) is 8.54. The van der Waals surface area contributed by atoms with Crippen LogP contribution in [0.5, 0.6) is 5.75 Å². The van der Waals surface area contributed by atoms with Crippen LogP contribution >= 0.6 is 0 Å². The van der Waals surface area contributed by atoms with E-state index in [1.807, 2.05) is 37.4 Å². The number of nitrogens with zero attached hydrogens (tertiary/aromatic N) is 2. The summed E-state index contributed by atoms with van der Waals surface area (Å²) in [5, 5.41) is 10.2. The Labute approximate surface area is 163 Å². The van der Waals surface area contributed by atoms with E-state index in [0.717, 1.165) is 32.0 Å². The highest BCUT2D eigenvalue weighted by Crippen LogP contribution is 2.14. The van der Waals surface area contributed by atoms with Crippen molar-refractivity contribution in [1.82, 2.24) is 9.80 Å². The van der Waals surface area contributed by atoms with E-state index >= 15 is 0 Å². The van der Waals surface area contributed by atoms with Gasteiger partial charge in [0.1, 0.15) is 18.5 Å². The van der Waals surface area contributed by atoms with Crippen LogP contribution in [0.3, 0.4) is 0 Å². The number of aliphatic hydroxyl groups is 1. The van der Waals surface area contributed by atoms with Crippen LogP contribution in [0.15, 0.2) is 54.6 Å². The number of likely N-dealkylation sites (N-methyl/N-ethyl adjacent to an activating group) is 2. The Bertz CT molecular complexity index is 634. The van der Waals surface area contributed by atoms with E-state index in [1.54, 1.807) is 7.11 Å². The van der Waals surface area contributed by atoms with Crippen LogP contribution < -0.4 is 4.74 Å². The Hall–Kier alpha value is -1.92. The van der Waals surface area contributed by atoms with Crippen molar-refractivity contribution in [3.63, 3.8) is 0 Å². The standard InChI is InChI=1S/C22H32N2O3/c1-23(13-14-26-3)15-20-9-11-22(12-10-20)27-18-21(25)17-24(2)16-19-7-5-4-6-8-19/h4-12,21,25H,13-18H2,1-3H3. The summed E-state index contributed by atoms with van der Waals surface area (Å²) in [6.07, 6.45) is -0.529. The Morgan fingerprint density at radius 2 is 1.52 bits per heavy atom. The second-order valence-corrected chi connectivity index (χ2v) is 7.02. The molecule has 0 radical (unpaired) electrons. The first kappa shape index (κ1) is 21.4. The summed E-state index contributed by atoms with van der Waals surface area (Å²) in [7, 11) is 5.80. The fourth-order valence-electron chi connectivity index (χ4n) is 2.89. The van der Waals surface area contributed by atoms with Crippen LogP contribution in [-0.2, 0) is 17.8 Å². The molecule has 0 heterocycles. The van der Waals surface area contributed by atoms with Gasteiger partial charge >= 0.3 is 0 Å². The van der Waals surface area contributed by atoms with Gasteiger partial charge in [-0.25, -0.2) is 0 Å². The molecule has 0 aliphatic rings. The van der Waals surface area contributed by atoms with Crippen molar-refractivity contribution < 1.29 is 14.6 Å². The zero-order chi connectivity index (χ0) is 19.5. The predicted molar refractivity (Wildman–Crippen MR) is 109 cm³/mol. The lowest BCUT2D eigenvalue weighted by molar-refractivity contribution is 0.0744. The van der Waals surface area contributed by atoms with Crippen LogP contribution in [0.1, 0.15) is 11.1 Å². The number of methoxy groups -OCH3 is 1. The number of aliphatic hydroxyl groups excluding tert-OH is 1. The van der Waals surface area contributed by atoms with Gasteiger partial charge in [-0.1, -0.05) is 42.5 Å². The Morgan fingerprint density at radius 1 is 0.889 bits per heavy atom. The van der Waals surface area contributed by atoms with Crippen molar-refractivity contribution in [2.24, 2.45) is 0 Å². The second kappa shape index (κ2) is 11.7. The first-order chi connectivity index (χ1) is 13.1. The topological polar surface area (TPSA) is 45.2 Å². The van der Waals surface area contributed by atoms with Gasteiger partial charge in [0.15, 0.2) is 0 Å². The number of benzene rings is 2. The molecule has 2 rings (SSSR count). The lowest BCUT2D eigenvalue weighted by atomic mass is 10.2. The van der Waals surface area contributed by atoms with Crippen LogP contribution in [0.2, 0.25) is 0 Å². The number of hydrogen-bond donors (Lipinski definition) is 1. The predicted octanol–water partition coefficient (Wildman–Crippen LogP) is 2.64. The lowest BCUT2D eigenvalue weighted by Crippen LogP contribution is -2.32. The normalized spacial score (nSPS) is 12.5. The molecule has 0 aliphatic carbocycles. The molecule has 1 unspecified atom stereocenters. The quantitative estimate of drug-likeness (QED) is 0.621. The molecule has 0 fully saturated rings. The van der Waals surface area contributed by atoms with Gasteiger partial charge in [-0.05, 0) is 37.4 Å². The van der Waals surface area contributed by atoms with Crippen molar-refractivity contribution in [3.05, 3.63) is 65.7 Å². The number of hydrogen-bond acceptors (Lipinski definition) is 5. The molecule has 2 aromatic rings. The third-order valence-electron chi connectivity index (χ3n) is 4.31. The van der Waals surface area contributed by atoms with Gasteiger partial charge in [0.25, 0.3) is 0 Å². The van der Waals surface area contributed by atoms with E-state index < -0.39 is 6.10 Å². The lowest BCUT2D eigenvalue weighted by Gasteiger charge is -2.21. The van der Waals surface area contributed by atoms with E-state index in [4.69, 9.17) is 9.47 Å². The van der Waals surface area contributed by atoms with Crippen LogP contribution in [0, 0.1) is 0 Å². The highest BCUT2D eigenvalue weighted by atomic mass is 16.5. The summed E-state index contributed by atoms with van der Waals surface area (Å²) in [6.45, 7) is 4.16. The van der Waals surface area contributed by atoms with Gasteiger partial charge < -0.3 is 14.6 Å². The van der Waals surface area contributed by atoms with Crippen LogP contribution in [0.4, 0.5) is 0 Å². The summed E-state index contributed by atoms with van der Waals surface area (Å²) < 4.78 is 10.8. The van der Waals surface area contributed by atoms with Gasteiger partial charge in [-0.15, -0.1) is 0 Å². The van der Waals surface area contributed by atoms with Crippen molar-refractivity contribution in [2.75, 3.05) is 47.5 Å². The fourth-order valence-corrected chi connectivity index (χ4v) is 2.89. The summed E-state index contributed by atoms with van der Waals surface area (Å²) in [4.78, 5) is 4.31. The zero-order valence-electron chi connectivity index (χ0n) is 16.7.